The number of fused-ring (bicyclic) bond motifs is 6. The van der Waals surface area contributed by atoms with E-state index >= 15 is 0 Å². The van der Waals surface area contributed by atoms with Gasteiger partial charge in [0.05, 0.1) is 19.8 Å². The molecule has 3 aromatic heterocycles. The Morgan fingerprint density at radius 1 is 0.333 bits per heavy atom. The van der Waals surface area contributed by atoms with Gasteiger partial charge in [-0.3, -0.25) is 0 Å². The fourth-order valence-electron chi connectivity index (χ4n) is 6.46. The molecule has 288 valence electrons. The van der Waals surface area contributed by atoms with Gasteiger partial charge >= 0.3 is 0 Å². The molecule has 54 heavy (non-hydrogen) atoms. The van der Waals surface area contributed by atoms with Crippen LogP contribution in [-0.4, -0.2) is 49.7 Å². The summed E-state index contributed by atoms with van der Waals surface area (Å²) < 4.78 is 18.1. The lowest BCUT2D eigenvalue weighted by atomic mass is 10.1. The highest BCUT2D eigenvalue weighted by Gasteiger charge is 2.24. The number of benzene rings is 1. The number of rotatable bonds is 27. The van der Waals surface area contributed by atoms with E-state index in [2.05, 4.69) is 53.9 Å². The van der Waals surface area contributed by atoms with Crippen LogP contribution in [0.1, 0.15) is 173 Å². The predicted molar refractivity (Wildman–Crippen MR) is 210 cm³/mol. The second-order valence-corrected chi connectivity index (χ2v) is 14.0. The minimum absolute atomic E-state index is 0.00842. The van der Waals surface area contributed by atoms with Gasteiger partial charge in [0.25, 0.3) is 17.6 Å². The molecular weight excluding hydrogens is 679 g/mol. The monoisotopic (exact) mass is 735 g/mol. The lowest BCUT2D eigenvalue weighted by Gasteiger charge is -2.14. The quantitative estimate of drug-likeness (QED) is 0.0419. The molecule has 4 aromatic rings. The molecule has 0 spiro atoms. The van der Waals surface area contributed by atoms with E-state index in [1.807, 2.05) is 0 Å². The summed E-state index contributed by atoms with van der Waals surface area (Å²) in [7, 11) is 0. The molecule has 4 rings (SSSR count). The third-order valence-electron chi connectivity index (χ3n) is 9.54. The van der Waals surface area contributed by atoms with Crippen LogP contribution in [0.25, 0.3) is 33.1 Å². The van der Waals surface area contributed by atoms with Crippen LogP contribution < -0.4 is 14.2 Å². The number of nitriles is 3. The lowest BCUT2D eigenvalue weighted by molar-refractivity contribution is 0.291. The van der Waals surface area contributed by atoms with Crippen molar-refractivity contribution in [3.8, 4) is 35.8 Å². The molecule has 0 fully saturated rings. The van der Waals surface area contributed by atoms with E-state index in [1.165, 1.54) is 77.0 Å². The molecule has 12 heteroatoms. The maximum absolute atomic E-state index is 10.1. The van der Waals surface area contributed by atoms with Gasteiger partial charge in [-0.25, -0.2) is 29.9 Å². The van der Waals surface area contributed by atoms with Crippen molar-refractivity contribution in [1.82, 2.24) is 29.9 Å². The zero-order valence-electron chi connectivity index (χ0n) is 32.7. The summed E-state index contributed by atoms with van der Waals surface area (Å²) >= 11 is 0. The van der Waals surface area contributed by atoms with Crippen molar-refractivity contribution >= 4 is 33.1 Å². The van der Waals surface area contributed by atoms with Crippen LogP contribution in [0.4, 0.5) is 0 Å². The first kappa shape index (κ1) is 41.9. The van der Waals surface area contributed by atoms with Crippen molar-refractivity contribution in [2.24, 2.45) is 0 Å². The summed E-state index contributed by atoms with van der Waals surface area (Å²) in [6.45, 7) is 7.74. The molecule has 0 N–H and O–H groups in total. The van der Waals surface area contributed by atoms with Gasteiger partial charge in [0.1, 0.15) is 51.3 Å². The maximum Gasteiger partial charge on any atom is 0.251 e. The Kier molecular flexibility index (Phi) is 18.4. The molecule has 0 aliphatic carbocycles. The molecule has 0 aliphatic heterocycles. The normalized spacial score (nSPS) is 11.1. The summed E-state index contributed by atoms with van der Waals surface area (Å²) in [6, 6.07) is 6.36. The predicted octanol–water partition coefficient (Wildman–Crippen LogP) is 10.5. The first-order chi connectivity index (χ1) is 26.6. The molecule has 0 unspecified atom stereocenters. The zero-order valence-corrected chi connectivity index (χ0v) is 32.7. The second-order valence-electron chi connectivity index (χ2n) is 14.0. The Balaban J connectivity index is 1.70. The van der Waals surface area contributed by atoms with Crippen LogP contribution in [-0.2, 0) is 0 Å². The number of nitrogens with zero attached hydrogens (tertiary/aromatic N) is 9. The summed E-state index contributed by atoms with van der Waals surface area (Å²) in [5.74, 6) is 0.231. The van der Waals surface area contributed by atoms with Crippen molar-refractivity contribution in [2.45, 2.75) is 156 Å². The number of ether oxygens (including phenoxy) is 3. The number of hydrogen-bond donors (Lipinski definition) is 0. The highest BCUT2D eigenvalue weighted by atomic mass is 16.5. The van der Waals surface area contributed by atoms with Gasteiger partial charge in [0.2, 0.25) is 17.1 Å². The highest BCUT2D eigenvalue weighted by molar-refractivity contribution is 6.18. The highest BCUT2D eigenvalue weighted by Crippen LogP contribution is 2.35. The number of aromatic nitrogens is 6. The van der Waals surface area contributed by atoms with Crippen molar-refractivity contribution in [1.29, 1.82) is 15.8 Å². The van der Waals surface area contributed by atoms with Crippen LogP contribution in [0, 0.1) is 34.0 Å². The Morgan fingerprint density at radius 2 is 0.556 bits per heavy atom. The van der Waals surface area contributed by atoms with Crippen LogP contribution in [0.2, 0.25) is 0 Å². The fourth-order valence-corrected chi connectivity index (χ4v) is 6.46. The van der Waals surface area contributed by atoms with Crippen LogP contribution in [0.5, 0.6) is 17.6 Å². The summed E-state index contributed by atoms with van der Waals surface area (Å²) in [5, 5.41) is 30.4. The van der Waals surface area contributed by atoms with Crippen LogP contribution >= 0.6 is 0 Å². The summed E-state index contributed by atoms with van der Waals surface area (Å²) in [4.78, 5) is 28.3. The molecule has 0 saturated heterocycles. The lowest BCUT2D eigenvalue weighted by Crippen LogP contribution is -2.08. The fraction of sp³-hybridized carbons (Fsp3) is 0.643. The molecule has 0 bridgehead atoms. The van der Waals surface area contributed by atoms with E-state index in [-0.39, 0.29) is 67.8 Å². The van der Waals surface area contributed by atoms with E-state index in [1.54, 1.807) is 0 Å². The Morgan fingerprint density at radius 3 is 0.796 bits per heavy atom. The maximum atomic E-state index is 10.1. The Labute approximate surface area is 320 Å². The smallest absolute Gasteiger partial charge is 0.251 e. The molecule has 12 nitrogen and oxygen atoms in total. The van der Waals surface area contributed by atoms with E-state index in [4.69, 9.17) is 29.2 Å². The standard InChI is InChI=1S/C42H57N9O3/c1-4-7-10-13-16-19-22-25-52-40-31(28-43)46-34-37(49-40)35-39(51-41(32(29-44)47-35)53-26-23-20-17-14-11-8-5-2)36-38(34)50-42(33(30-45)48-36)54-27-24-21-18-15-12-9-6-3/h4-27H2,1-3H3. The molecule has 0 radical (unpaired) electrons. The molecule has 0 atom stereocenters. The molecule has 0 amide bonds. The van der Waals surface area contributed by atoms with Gasteiger partial charge in [-0.2, -0.15) is 15.8 Å². The zero-order chi connectivity index (χ0) is 38.4. The van der Waals surface area contributed by atoms with Crippen molar-refractivity contribution < 1.29 is 14.2 Å². The van der Waals surface area contributed by atoms with E-state index in [0.717, 1.165) is 57.8 Å². The van der Waals surface area contributed by atoms with E-state index in [9.17, 15) is 15.8 Å². The molecular formula is C42H57N9O3. The molecule has 1 aromatic carbocycles. The van der Waals surface area contributed by atoms with Gasteiger partial charge in [-0.15, -0.1) is 0 Å². The van der Waals surface area contributed by atoms with Gasteiger partial charge in [0.15, 0.2) is 0 Å². The topological polar surface area (TPSA) is 176 Å². The number of unbranched alkanes of at least 4 members (excludes halogenated alkanes) is 18. The summed E-state index contributed by atoms with van der Waals surface area (Å²) in [6.07, 6.45) is 23.5. The third kappa shape index (κ3) is 12.1. The Hall–Kier alpha value is -4.89. The van der Waals surface area contributed by atoms with E-state index < -0.39 is 0 Å². The summed E-state index contributed by atoms with van der Waals surface area (Å²) in [5.41, 5.74) is 1.42. The van der Waals surface area contributed by atoms with Crippen molar-refractivity contribution in [3.05, 3.63) is 17.1 Å². The van der Waals surface area contributed by atoms with Crippen LogP contribution in [0.3, 0.4) is 0 Å². The van der Waals surface area contributed by atoms with Gasteiger partial charge < -0.3 is 14.2 Å². The average molecular weight is 736 g/mol. The average Bonchev–Trinajstić information content (AvgIpc) is 3.20. The van der Waals surface area contributed by atoms with Crippen LogP contribution in [0.15, 0.2) is 0 Å². The van der Waals surface area contributed by atoms with E-state index in [0.29, 0.717) is 19.8 Å². The van der Waals surface area contributed by atoms with Crippen molar-refractivity contribution in [2.75, 3.05) is 19.8 Å². The van der Waals surface area contributed by atoms with Crippen molar-refractivity contribution in [3.63, 3.8) is 0 Å². The SMILES string of the molecule is CCCCCCCCCOc1nc2c(nc1C#N)c1nc(OCCCCCCCCC)c(C#N)nc1c1nc(OCCCCCCCCC)c(C#N)nc21. The first-order valence-electron chi connectivity index (χ1n) is 20.5. The third-order valence-corrected chi connectivity index (χ3v) is 9.54. The molecule has 0 saturated carbocycles. The largest absolute Gasteiger partial charge is 0.476 e. The minimum Gasteiger partial charge on any atom is -0.476 e. The molecule has 0 aliphatic rings. The van der Waals surface area contributed by atoms with Gasteiger partial charge in [0, 0.05) is 0 Å². The number of hydrogen-bond acceptors (Lipinski definition) is 12. The first-order valence-corrected chi connectivity index (χ1v) is 20.5. The second kappa shape index (κ2) is 23.7. The Bertz CT molecular complexity index is 1660. The van der Waals surface area contributed by atoms with Gasteiger partial charge in [-0.1, -0.05) is 136 Å². The van der Waals surface area contributed by atoms with Gasteiger partial charge in [-0.05, 0) is 19.3 Å². The molecule has 3 heterocycles. The minimum atomic E-state index is -0.00842.